The number of carboxylic acid groups (broad SMARTS) is 1. The molecule has 1 heterocycles. The Labute approximate surface area is 180 Å². The minimum atomic E-state index is -1.04. The van der Waals surface area contributed by atoms with Crippen LogP contribution in [0.5, 0.6) is 5.75 Å². The molecule has 6 heteroatoms. The van der Waals surface area contributed by atoms with Crippen molar-refractivity contribution in [1.82, 2.24) is 9.47 Å². The number of nitrogens with zero attached hydrogens (tertiary/aromatic N) is 2. The van der Waals surface area contributed by atoms with Crippen molar-refractivity contribution in [2.24, 2.45) is 7.05 Å². The number of methoxy groups -OCH3 is 1. The van der Waals surface area contributed by atoms with Crippen LogP contribution < -0.4 is 4.74 Å². The molecule has 0 fully saturated rings. The van der Waals surface area contributed by atoms with Crippen molar-refractivity contribution in [3.05, 3.63) is 77.9 Å². The average Bonchev–Trinajstić information content (AvgIpc) is 3.05. The number of para-hydroxylation sites is 1. The maximum Gasteiger partial charge on any atom is 0.323 e. The minimum absolute atomic E-state index is 0.140. The normalized spacial score (nSPS) is 11.0. The highest BCUT2D eigenvalue weighted by Crippen LogP contribution is 2.28. The molecule has 0 radical (unpaired) electrons. The number of carboxylic acids is 1. The van der Waals surface area contributed by atoms with Gasteiger partial charge in [0.1, 0.15) is 12.3 Å². The van der Waals surface area contributed by atoms with Crippen LogP contribution in [0.2, 0.25) is 0 Å². The van der Waals surface area contributed by atoms with Crippen molar-refractivity contribution < 1.29 is 19.4 Å². The van der Waals surface area contributed by atoms with E-state index in [4.69, 9.17) is 4.74 Å². The lowest BCUT2D eigenvalue weighted by molar-refractivity contribution is -0.144. The fraction of sp³-hybridized carbons (Fsp3) is 0.200. The van der Waals surface area contributed by atoms with Crippen LogP contribution in [0.15, 0.2) is 66.7 Å². The maximum absolute atomic E-state index is 13.0. The number of fused-ring (bicyclic) bond motifs is 3. The first-order chi connectivity index (χ1) is 15.0. The van der Waals surface area contributed by atoms with Crippen molar-refractivity contribution in [3.63, 3.8) is 0 Å². The van der Waals surface area contributed by atoms with E-state index >= 15 is 0 Å². The molecule has 0 saturated carbocycles. The van der Waals surface area contributed by atoms with E-state index in [1.165, 1.54) is 10.3 Å². The van der Waals surface area contributed by atoms with Gasteiger partial charge in [0.15, 0.2) is 0 Å². The lowest BCUT2D eigenvalue weighted by Crippen LogP contribution is -2.36. The van der Waals surface area contributed by atoms with Gasteiger partial charge in [0.2, 0.25) is 5.91 Å². The van der Waals surface area contributed by atoms with Crippen LogP contribution in [0.4, 0.5) is 0 Å². The number of hydrogen-bond acceptors (Lipinski definition) is 3. The second-order valence-electron chi connectivity index (χ2n) is 7.60. The van der Waals surface area contributed by atoms with E-state index < -0.39 is 5.97 Å². The van der Waals surface area contributed by atoms with E-state index in [1.807, 2.05) is 49.5 Å². The van der Waals surface area contributed by atoms with Crippen LogP contribution in [-0.2, 0) is 29.6 Å². The molecule has 3 aromatic carbocycles. The number of aryl methyl sites for hydroxylation is 1. The van der Waals surface area contributed by atoms with E-state index in [9.17, 15) is 14.7 Å². The zero-order chi connectivity index (χ0) is 22.0. The molecule has 4 rings (SSSR count). The number of carbonyl (C=O) groups excluding carboxylic acids is 1. The summed E-state index contributed by atoms with van der Waals surface area (Å²) in [4.78, 5) is 25.7. The predicted molar refractivity (Wildman–Crippen MR) is 120 cm³/mol. The lowest BCUT2D eigenvalue weighted by Gasteiger charge is -2.21. The summed E-state index contributed by atoms with van der Waals surface area (Å²) >= 11 is 0. The van der Waals surface area contributed by atoms with Gasteiger partial charge >= 0.3 is 5.97 Å². The predicted octanol–water partition coefficient (Wildman–Crippen LogP) is 4.00. The van der Waals surface area contributed by atoms with E-state index in [2.05, 4.69) is 16.7 Å². The van der Waals surface area contributed by atoms with Gasteiger partial charge in [-0.2, -0.15) is 0 Å². The summed E-state index contributed by atoms with van der Waals surface area (Å²) in [7, 11) is 3.60. The highest BCUT2D eigenvalue weighted by atomic mass is 16.5. The molecular weight excluding hydrogens is 392 g/mol. The molecule has 0 atom stereocenters. The van der Waals surface area contributed by atoms with E-state index in [0.717, 1.165) is 27.5 Å². The zero-order valence-corrected chi connectivity index (χ0v) is 17.5. The van der Waals surface area contributed by atoms with Gasteiger partial charge in [-0.05, 0) is 35.4 Å². The molecule has 0 unspecified atom stereocenters. The first-order valence-corrected chi connectivity index (χ1v) is 10.0. The summed E-state index contributed by atoms with van der Waals surface area (Å²) in [6.45, 7) is -0.118. The quantitative estimate of drug-likeness (QED) is 0.494. The van der Waals surface area contributed by atoms with Crippen LogP contribution in [0.1, 0.15) is 11.1 Å². The number of rotatable bonds is 7. The number of aliphatic carboxylic acids is 1. The highest BCUT2D eigenvalue weighted by Gasteiger charge is 2.18. The van der Waals surface area contributed by atoms with Gasteiger partial charge < -0.3 is 19.3 Å². The van der Waals surface area contributed by atoms with Gasteiger partial charge in [-0.15, -0.1) is 0 Å². The van der Waals surface area contributed by atoms with E-state index in [-0.39, 0.29) is 25.4 Å². The van der Waals surface area contributed by atoms with E-state index in [1.54, 1.807) is 19.2 Å². The average molecular weight is 416 g/mol. The third kappa shape index (κ3) is 4.23. The Bertz CT molecular complexity index is 1260. The third-order valence-electron chi connectivity index (χ3n) is 5.55. The molecule has 0 saturated heterocycles. The van der Waals surface area contributed by atoms with Crippen LogP contribution >= 0.6 is 0 Å². The molecule has 1 N–H and O–H groups in total. The lowest BCUT2D eigenvalue weighted by atomic mass is 10.1. The fourth-order valence-corrected chi connectivity index (χ4v) is 3.95. The molecule has 0 spiro atoms. The van der Waals surface area contributed by atoms with Gasteiger partial charge in [0.25, 0.3) is 0 Å². The summed E-state index contributed by atoms with van der Waals surface area (Å²) in [6.07, 6.45) is 0.140. The number of aromatic nitrogens is 1. The highest BCUT2D eigenvalue weighted by molar-refractivity contribution is 6.08. The Morgan fingerprint density at radius 3 is 2.32 bits per heavy atom. The van der Waals surface area contributed by atoms with Gasteiger partial charge in [-0.1, -0.05) is 42.5 Å². The molecule has 158 valence electrons. The van der Waals surface area contributed by atoms with Crippen molar-refractivity contribution in [1.29, 1.82) is 0 Å². The summed E-state index contributed by atoms with van der Waals surface area (Å²) in [5.41, 5.74) is 3.88. The maximum atomic E-state index is 13.0. The minimum Gasteiger partial charge on any atom is -0.497 e. The Hall–Kier alpha value is -3.80. The summed E-state index contributed by atoms with van der Waals surface area (Å²) in [6, 6.07) is 21.4. The van der Waals surface area contributed by atoms with Gasteiger partial charge in [-0.3, -0.25) is 9.59 Å². The summed E-state index contributed by atoms with van der Waals surface area (Å²) in [5.74, 6) is -0.551. The van der Waals surface area contributed by atoms with Gasteiger partial charge in [0.05, 0.1) is 13.5 Å². The number of ether oxygens (including phenoxy) is 1. The SMILES string of the molecule is COc1ccc(CN(CC(=O)O)C(=O)Cc2ccc3c4ccccc4n(C)c3c2)cc1. The second kappa shape index (κ2) is 8.52. The molecule has 6 nitrogen and oxygen atoms in total. The largest absolute Gasteiger partial charge is 0.497 e. The smallest absolute Gasteiger partial charge is 0.323 e. The number of carbonyl (C=O) groups is 2. The molecule has 0 aliphatic rings. The monoisotopic (exact) mass is 416 g/mol. The van der Waals surface area contributed by atoms with Crippen LogP contribution in [-0.4, -0.2) is 40.1 Å². The molecule has 1 aromatic heterocycles. The number of amides is 1. The topological polar surface area (TPSA) is 71.8 Å². The van der Waals surface area contributed by atoms with Crippen molar-refractivity contribution in [2.45, 2.75) is 13.0 Å². The standard InChI is InChI=1S/C25H24N2O4/c1-26-22-6-4-3-5-20(22)21-12-9-18(13-23(21)26)14-24(28)27(16-25(29)30)15-17-7-10-19(31-2)11-8-17/h3-13H,14-16H2,1-2H3,(H,29,30). The number of hydrogen-bond donors (Lipinski definition) is 1. The summed E-state index contributed by atoms with van der Waals surface area (Å²) < 4.78 is 7.27. The molecule has 1 amide bonds. The molecule has 0 aliphatic carbocycles. The fourth-order valence-electron chi connectivity index (χ4n) is 3.95. The molecule has 31 heavy (non-hydrogen) atoms. The molecular formula is C25H24N2O4. The van der Waals surface area contributed by atoms with Gasteiger partial charge in [-0.25, -0.2) is 0 Å². The van der Waals surface area contributed by atoms with Crippen molar-refractivity contribution >= 4 is 33.7 Å². The van der Waals surface area contributed by atoms with Crippen LogP contribution in [0.25, 0.3) is 21.8 Å². The Morgan fingerprint density at radius 1 is 0.935 bits per heavy atom. The molecule has 0 aliphatic heterocycles. The molecule has 0 bridgehead atoms. The van der Waals surface area contributed by atoms with Crippen molar-refractivity contribution in [3.8, 4) is 5.75 Å². The summed E-state index contributed by atoms with van der Waals surface area (Å²) in [5, 5.41) is 11.6. The Kier molecular flexibility index (Phi) is 5.62. The second-order valence-corrected chi connectivity index (χ2v) is 7.60. The van der Waals surface area contributed by atoms with E-state index in [0.29, 0.717) is 5.75 Å². The first kappa shape index (κ1) is 20.5. The van der Waals surface area contributed by atoms with Crippen LogP contribution in [0, 0.1) is 0 Å². The molecule has 4 aromatic rings. The van der Waals surface area contributed by atoms with Crippen LogP contribution in [0.3, 0.4) is 0 Å². The Morgan fingerprint density at radius 2 is 1.61 bits per heavy atom. The van der Waals surface area contributed by atoms with Crippen molar-refractivity contribution in [2.75, 3.05) is 13.7 Å². The zero-order valence-electron chi connectivity index (χ0n) is 17.5. The first-order valence-electron chi connectivity index (χ1n) is 10.0. The Balaban J connectivity index is 1.58. The third-order valence-corrected chi connectivity index (χ3v) is 5.55. The van der Waals surface area contributed by atoms with Gasteiger partial charge in [0, 0.05) is 35.4 Å². The number of benzene rings is 3.